The van der Waals surface area contributed by atoms with E-state index in [0.29, 0.717) is 17.3 Å². The molecule has 1 N–H and O–H groups in total. The van der Waals surface area contributed by atoms with Crippen LogP contribution in [0.5, 0.6) is 0 Å². The first-order valence-corrected chi connectivity index (χ1v) is 9.23. The van der Waals surface area contributed by atoms with Crippen molar-refractivity contribution >= 4 is 5.91 Å². The number of hydrogen-bond donors (Lipinski definition) is 1. The molecule has 0 aliphatic carbocycles. The molecule has 0 saturated carbocycles. The van der Waals surface area contributed by atoms with Gasteiger partial charge >= 0.3 is 0 Å². The van der Waals surface area contributed by atoms with Crippen molar-refractivity contribution in [2.24, 2.45) is 0 Å². The molecule has 3 rings (SSSR count). The average molecular weight is 341 g/mol. The summed E-state index contributed by atoms with van der Waals surface area (Å²) in [6.45, 7) is 6.06. The monoisotopic (exact) mass is 341 g/mol. The van der Waals surface area contributed by atoms with Crippen LogP contribution in [0.4, 0.5) is 0 Å². The van der Waals surface area contributed by atoms with Gasteiger partial charge in [-0.05, 0) is 58.0 Å². The first kappa shape index (κ1) is 17.7. The Bertz CT molecular complexity index is 676. The van der Waals surface area contributed by atoms with Crippen LogP contribution in [0.3, 0.4) is 0 Å². The number of likely N-dealkylation sites (tertiary alicyclic amines) is 1. The van der Waals surface area contributed by atoms with Crippen LogP contribution in [-0.2, 0) is 11.2 Å². The molecule has 5 nitrogen and oxygen atoms in total. The van der Waals surface area contributed by atoms with Crippen LogP contribution < -0.4 is 5.32 Å². The second-order valence-electron chi connectivity index (χ2n) is 6.67. The zero-order chi connectivity index (χ0) is 17.5. The van der Waals surface area contributed by atoms with Crippen molar-refractivity contribution in [1.29, 1.82) is 0 Å². The lowest BCUT2D eigenvalue weighted by molar-refractivity contribution is -0.120. The van der Waals surface area contributed by atoms with E-state index in [1.54, 1.807) is 0 Å². The third kappa shape index (κ3) is 5.16. The van der Waals surface area contributed by atoms with E-state index < -0.39 is 0 Å². The number of oxazole rings is 1. The van der Waals surface area contributed by atoms with Crippen LogP contribution in [0, 0.1) is 6.92 Å². The largest absolute Gasteiger partial charge is 0.441 e. The molecule has 5 heteroatoms. The summed E-state index contributed by atoms with van der Waals surface area (Å²) < 4.78 is 5.71. The predicted molar refractivity (Wildman–Crippen MR) is 98.3 cm³/mol. The third-order valence-electron chi connectivity index (χ3n) is 4.66. The SMILES string of the molecule is Cc1oc(-c2ccccc2)nc1CC(=O)NCCCN1CCCCC1. The van der Waals surface area contributed by atoms with Gasteiger partial charge in [-0.3, -0.25) is 4.79 Å². The molecule has 1 saturated heterocycles. The molecule has 0 unspecified atom stereocenters. The molecule has 1 aliphatic heterocycles. The summed E-state index contributed by atoms with van der Waals surface area (Å²) >= 11 is 0. The number of benzene rings is 1. The maximum Gasteiger partial charge on any atom is 0.226 e. The third-order valence-corrected chi connectivity index (χ3v) is 4.66. The minimum Gasteiger partial charge on any atom is -0.441 e. The molecule has 134 valence electrons. The second kappa shape index (κ2) is 8.81. The number of carbonyl (C=O) groups is 1. The van der Waals surface area contributed by atoms with Gasteiger partial charge in [-0.1, -0.05) is 24.6 Å². The first-order valence-electron chi connectivity index (χ1n) is 9.23. The average Bonchev–Trinajstić information content (AvgIpc) is 3.01. The molecular weight excluding hydrogens is 314 g/mol. The highest BCUT2D eigenvalue weighted by Gasteiger charge is 2.14. The highest BCUT2D eigenvalue weighted by atomic mass is 16.4. The number of piperidine rings is 1. The van der Waals surface area contributed by atoms with Crippen molar-refractivity contribution in [3.63, 3.8) is 0 Å². The van der Waals surface area contributed by atoms with Gasteiger partial charge in [0.1, 0.15) is 5.76 Å². The Hall–Kier alpha value is -2.14. The molecule has 1 aromatic heterocycles. The van der Waals surface area contributed by atoms with Crippen LogP contribution in [0.15, 0.2) is 34.7 Å². The highest BCUT2D eigenvalue weighted by molar-refractivity contribution is 5.78. The quantitative estimate of drug-likeness (QED) is 0.786. The number of aromatic nitrogens is 1. The van der Waals surface area contributed by atoms with E-state index in [4.69, 9.17) is 4.42 Å². The van der Waals surface area contributed by atoms with Gasteiger partial charge in [-0.2, -0.15) is 0 Å². The van der Waals surface area contributed by atoms with Crippen LogP contribution in [0.25, 0.3) is 11.5 Å². The molecule has 0 bridgehead atoms. The van der Waals surface area contributed by atoms with Gasteiger partial charge in [-0.15, -0.1) is 0 Å². The van der Waals surface area contributed by atoms with Gasteiger partial charge in [0, 0.05) is 12.1 Å². The predicted octanol–water partition coefficient (Wildman–Crippen LogP) is 3.18. The molecule has 2 aromatic rings. The molecule has 1 fully saturated rings. The number of carbonyl (C=O) groups excluding carboxylic acids is 1. The maximum absolute atomic E-state index is 12.2. The van der Waals surface area contributed by atoms with E-state index in [1.165, 1.54) is 32.4 Å². The number of aryl methyl sites for hydroxylation is 1. The fraction of sp³-hybridized carbons (Fsp3) is 0.500. The summed E-state index contributed by atoms with van der Waals surface area (Å²) in [5, 5.41) is 3.00. The van der Waals surface area contributed by atoms with Gasteiger partial charge in [0.2, 0.25) is 11.8 Å². The fourth-order valence-electron chi connectivity index (χ4n) is 3.22. The Morgan fingerprint density at radius 3 is 2.72 bits per heavy atom. The molecule has 0 radical (unpaired) electrons. The van der Waals surface area contributed by atoms with Crippen LogP contribution in [-0.4, -0.2) is 42.0 Å². The van der Waals surface area contributed by atoms with Crippen LogP contribution in [0.2, 0.25) is 0 Å². The first-order chi connectivity index (χ1) is 12.2. The molecule has 1 aliphatic rings. The Kier molecular flexibility index (Phi) is 6.23. The minimum absolute atomic E-state index is 0.00894. The van der Waals surface area contributed by atoms with Crippen molar-refractivity contribution in [3.05, 3.63) is 41.8 Å². The van der Waals surface area contributed by atoms with Gasteiger partial charge in [0.15, 0.2) is 0 Å². The van der Waals surface area contributed by atoms with E-state index in [9.17, 15) is 4.79 Å². The lowest BCUT2D eigenvalue weighted by Crippen LogP contribution is -2.33. The number of amides is 1. The van der Waals surface area contributed by atoms with Crippen LogP contribution >= 0.6 is 0 Å². The summed E-state index contributed by atoms with van der Waals surface area (Å²) in [4.78, 5) is 19.1. The normalized spacial score (nSPS) is 15.2. The molecule has 2 heterocycles. The lowest BCUT2D eigenvalue weighted by atomic mass is 10.1. The fourth-order valence-corrected chi connectivity index (χ4v) is 3.22. The second-order valence-corrected chi connectivity index (χ2v) is 6.67. The summed E-state index contributed by atoms with van der Waals surface area (Å²) in [7, 11) is 0. The Morgan fingerprint density at radius 2 is 1.96 bits per heavy atom. The minimum atomic E-state index is 0.00894. The zero-order valence-corrected chi connectivity index (χ0v) is 15.0. The Morgan fingerprint density at radius 1 is 1.20 bits per heavy atom. The van der Waals surface area contributed by atoms with Crippen molar-refractivity contribution in [3.8, 4) is 11.5 Å². The number of hydrogen-bond acceptors (Lipinski definition) is 4. The van der Waals surface area contributed by atoms with Gasteiger partial charge in [-0.25, -0.2) is 4.98 Å². The van der Waals surface area contributed by atoms with Crippen molar-refractivity contribution in [2.45, 2.75) is 39.0 Å². The summed E-state index contributed by atoms with van der Waals surface area (Å²) in [6.07, 6.45) is 5.24. The topological polar surface area (TPSA) is 58.4 Å². The molecule has 25 heavy (non-hydrogen) atoms. The number of nitrogens with zero attached hydrogens (tertiary/aromatic N) is 2. The number of rotatable bonds is 7. The van der Waals surface area contributed by atoms with Crippen LogP contribution in [0.1, 0.15) is 37.1 Å². The summed E-state index contributed by atoms with van der Waals surface area (Å²) in [5.74, 6) is 1.29. The van der Waals surface area contributed by atoms with E-state index >= 15 is 0 Å². The smallest absolute Gasteiger partial charge is 0.226 e. The standard InChI is InChI=1S/C20H27N3O2/c1-16-18(22-20(25-16)17-9-4-2-5-10-17)15-19(24)21-11-8-14-23-12-6-3-7-13-23/h2,4-5,9-10H,3,6-8,11-15H2,1H3,(H,21,24). The molecule has 1 amide bonds. The van der Waals surface area contributed by atoms with Gasteiger partial charge in [0.25, 0.3) is 0 Å². The van der Waals surface area contributed by atoms with Crippen molar-refractivity contribution < 1.29 is 9.21 Å². The van der Waals surface area contributed by atoms with E-state index in [1.807, 2.05) is 37.3 Å². The maximum atomic E-state index is 12.2. The lowest BCUT2D eigenvalue weighted by Gasteiger charge is -2.26. The van der Waals surface area contributed by atoms with Gasteiger partial charge < -0.3 is 14.6 Å². The van der Waals surface area contributed by atoms with Gasteiger partial charge in [0.05, 0.1) is 12.1 Å². The van der Waals surface area contributed by atoms with Crippen molar-refractivity contribution in [2.75, 3.05) is 26.2 Å². The number of nitrogens with one attached hydrogen (secondary N) is 1. The molecular formula is C20H27N3O2. The highest BCUT2D eigenvalue weighted by Crippen LogP contribution is 2.21. The molecule has 0 atom stereocenters. The van der Waals surface area contributed by atoms with Crippen molar-refractivity contribution in [1.82, 2.24) is 15.2 Å². The Balaban J connectivity index is 1.44. The van der Waals surface area contributed by atoms with E-state index in [0.717, 1.165) is 25.1 Å². The molecule has 0 spiro atoms. The Labute approximate surface area is 149 Å². The summed E-state index contributed by atoms with van der Waals surface area (Å²) in [5.41, 5.74) is 1.64. The van der Waals surface area contributed by atoms with E-state index in [-0.39, 0.29) is 12.3 Å². The zero-order valence-electron chi connectivity index (χ0n) is 15.0. The molecule has 1 aromatic carbocycles. The summed E-state index contributed by atoms with van der Waals surface area (Å²) in [6, 6.07) is 9.76. The van der Waals surface area contributed by atoms with E-state index in [2.05, 4.69) is 15.2 Å².